The van der Waals surface area contributed by atoms with Crippen LogP contribution in [0.2, 0.25) is 0 Å². The molecule has 1 aliphatic carbocycles. The maximum absolute atomic E-state index is 12.7. The second-order valence-corrected chi connectivity index (χ2v) is 7.36. The third-order valence-corrected chi connectivity index (χ3v) is 5.40. The Bertz CT molecular complexity index is 984. The zero-order valence-corrected chi connectivity index (χ0v) is 15.9. The minimum absolute atomic E-state index is 0.103. The van der Waals surface area contributed by atoms with Gasteiger partial charge in [0.25, 0.3) is 0 Å². The molecule has 152 valence electrons. The molecule has 0 spiro atoms. The van der Waals surface area contributed by atoms with Crippen LogP contribution in [-0.4, -0.2) is 37.9 Å². The minimum Gasteiger partial charge on any atom is -0.493 e. The highest BCUT2D eigenvalue weighted by Crippen LogP contribution is 2.33. The number of fused-ring (bicyclic) bond motifs is 1. The maximum Gasteiger partial charge on any atom is 0.416 e. The number of likely N-dealkylation sites (N-methyl/N-ethyl adjacent to an activating group) is 1. The molecule has 3 aromatic rings. The molecule has 0 bridgehead atoms. The maximum atomic E-state index is 12.7. The van der Waals surface area contributed by atoms with Crippen molar-refractivity contribution in [2.45, 2.75) is 38.0 Å². The molecule has 0 aliphatic heterocycles. The van der Waals surface area contributed by atoms with Gasteiger partial charge in [-0.3, -0.25) is 4.90 Å². The molecular formula is C21H21F3N4O. The van der Waals surface area contributed by atoms with Crippen LogP contribution in [0.3, 0.4) is 0 Å². The Morgan fingerprint density at radius 3 is 2.59 bits per heavy atom. The van der Waals surface area contributed by atoms with Crippen molar-refractivity contribution in [2.24, 2.45) is 0 Å². The first kappa shape index (κ1) is 19.4. The van der Waals surface area contributed by atoms with Gasteiger partial charge in [-0.25, -0.2) is 4.98 Å². The summed E-state index contributed by atoms with van der Waals surface area (Å²) in [4.78, 5) is 6.35. The zero-order chi connectivity index (χ0) is 20.6. The summed E-state index contributed by atoms with van der Waals surface area (Å²) >= 11 is 0. The lowest BCUT2D eigenvalue weighted by Gasteiger charge is -2.30. The van der Waals surface area contributed by atoms with Crippen LogP contribution in [0.1, 0.15) is 28.8 Å². The topological polar surface area (TPSA) is 54.2 Å². The number of halogens is 3. The van der Waals surface area contributed by atoms with Crippen LogP contribution in [0.15, 0.2) is 48.7 Å². The van der Waals surface area contributed by atoms with Crippen molar-refractivity contribution >= 4 is 0 Å². The fourth-order valence-corrected chi connectivity index (χ4v) is 3.77. The summed E-state index contributed by atoms with van der Waals surface area (Å²) in [6, 6.07) is 10.9. The van der Waals surface area contributed by atoms with E-state index in [-0.39, 0.29) is 11.9 Å². The summed E-state index contributed by atoms with van der Waals surface area (Å²) in [5, 5.41) is 15.2. The summed E-state index contributed by atoms with van der Waals surface area (Å²) in [6.07, 6.45) is -0.454. The quantitative estimate of drug-likeness (QED) is 0.717. The minimum atomic E-state index is -4.32. The molecule has 5 nitrogen and oxygen atoms in total. The second-order valence-electron chi connectivity index (χ2n) is 7.36. The third kappa shape index (κ3) is 3.98. The van der Waals surface area contributed by atoms with Crippen LogP contribution in [-0.2, 0) is 25.6 Å². The van der Waals surface area contributed by atoms with Gasteiger partial charge in [-0.15, -0.1) is 0 Å². The highest BCUT2D eigenvalue weighted by atomic mass is 19.4. The molecule has 29 heavy (non-hydrogen) atoms. The lowest BCUT2D eigenvalue weighted by Crippen LogP contribution is -2.35. The van der Waals surface area contributed by atoms with Crippen LogP contribution < -0.4 is 0 Å². The molecule has 0 radical (unpaired) electrons. The molecule has 0 saturated heterocycles. The van der Waals surface area contributed by atoms with Crippen molar-refractivity contribution in [1.29, 1.82) is 0 Å². The molecule has 0 saturated carbocycles. The first-order valence-electron chi connectivity index (χ1n) is 9.40. The van der Waals surface area contributed by atoms with Crippen LogP contribution in [0.5, 0.6) is 5.88 Å². The van der Waals surface area contributed by atoms with E-state index in [0.29, 0.717) is 18.8 Å². The second kappa shape index (κ2) is 7.51. The van der Waals surface area contributed by atoms with Gasteiger partial charge >= 0.3 is 6.18 Å². The van der Waals surface area contributed by atoms with Crippen LogP contribution in [0.4, 0.5) is 13.2 Å². The molecule has 1 aliphatic rings. The number of pyridine rings is 1. The van der Waals surface area contributed by atoms with Crippen LogP contribution in [0, 0.1) is 0 Å². The molecule has 1 unspecified atom stereocenters. The van der Waals surface area contributed by atoms with Gasteiger partial charge in [0.2, 0.25) is 5.88 Å². The lowest BCUT2D eigenvalue weighted by atomic mass is 9.92. The van der Waals surface area contributed by atoms with E-state index >= 15 is 0 Å². The average molecular weight is 402 g/mol. The van der Waals surface area contributed by atoms with E-state index in [1.54, 1.807) is 18.3 Å². The summed E-state index contributed by atoms with van der Waals surface area (Å²) in [6.45, 7) is 0.535. The molecule has 4 rings (SSSR count). The Kier molecular flexibility index (Phi) is 5.04. The van der Waals surface area contributed by atoms with Gasteiger partial charge in [0.15, 0.2) is 5.82 Å². The Morgan fingerprint density at radius 1 is 1.17 bits per heavy atom. The normalized spacial score (nSPS) is 16.8. The lowest BCUT2D eigenvalue weighted by molar-refractivity contribution is -0.137. The largest absolute Gasteiger partial charge is 0.493 e. The van der Waals surface area contributed by atoms with E-state index in [4.69, 9.17) is 0 Å². The van der Waals surface area contributed by atoms with Gasteiger partial charge in [0, 0.05) is 24.3 Å². The number of alkyl halides is 3. The van der Waals surface area contributed by atoms with Crippen molar-refractivity contribution in [1.82, 2.24) is 19.7 Å². The zero-order valence-electron chi connectivity index (χ0n) is 15.9. The Labute approximate surface area is 166 Å². The fraction of sp³-hybridized carbons (Fsp3) is 0.333. The highest BCUT2D eigenvalue weighted by molar-refractivity contribution is 5.39. The van der Waals surface area contributed by atoms with Gasteiger partial charge in [-0.1, -0.05) is 18.2 Å². The van der Waals surface area contributed by atoms with E-state index < -0.39 is 11.7 Å². The summed E-state index contributed by atoms with van der Waals surface area (Å²) in [7, 11) is 1.95. The molecule has 0 fully saturated rings. The molecule has 0 amide bonds. The number of benzene rings is 1. The molecule has 8 heteroatoms. The summed E-state index contributed by atoms with van der Waals surface area (Å²) in [5.74, 6) is 0.667. The monoisotopic (exact) mass is 402 g/mol. The molecule has 1 atom stereocenters. The van der Waals surface area contributed by atoms with E-state index in [0.717, 1.165) is 41.8 Å². The third-order valence-electron chi connectivity index (χ3n) is 5.40. The first-order chi connectivity index (χ1) is 13.8. The average Bonchev–Trinajstić information content (AvgIpc) is 3.04. The smallest absolute Gasteiger partial charge is 0.416 e. The Hall–Kier alpha value is -2.87. The van der Waals surface area contributed by atoms with Gasteiger partial charge in [0.1, 0.15) is 0 Å². The van der Waals surface area contributed by atoms with Crippen LogP contribution >= 0.6 is 0 Å². The standard InChI is InChI=1S/C21H21F3N4O/c1-27(13-14-5-7-15(8-6-14)21(22,23)24)16-9-10-18-17(12-16)20(29)28(26-18)19-4-2-3-11-25-19/h2-8,11,16,29H,9-10,12-13H2,1H3. The van der Waals surface area contributed by atoms with Crippen molar-refractivity contribution in [3.8, 4) is 11.7 Å². The van der Waals surface area contributed by atoms with E-state index in [9.17, 15) is 18.3 Å². The summed E-state index contributed by atoms with van der Waals surface area (Å²) in [5.41, 5.74) is 1.86. The molecular weight excluding hydrogens is 381 g/mol. The van der Waals surface area contributed by atoms with Crippen LogP contribution in [0.25, 0.3) is 5.82 Å². The summed E-state index contributed by atoms with van der Waals surface area (Å²) < 4.78 is 39.7. The predicted molar refractivity (Wildman–Crippen MR) is 102 cm³/mol. The van der Waals surface area contributed by atoms with Gasteiger partial charge < -0.3 is 5.11 Å². The number of aromatic hydroxyl groups is 1. The number of aryl methyl sites for hydroxylation is 1. The first-order valence-corrected chi connectivity index (χ1v) is 9.40. The van der Waals surface area contributed by atoms with Gasteiger partial charge in [0.05, 0.1) is 11.3 Å². The molecule has 1 aromatic carbocycles. The number of hydrogen-bond donors (Lipinski definition) is 1. The van der Waals surface area contributed by atoms with E-state index in [1.807, 2.05) is 13.1 Å². The SMILES string of the molecule is CN(Cc1ccc(C(F)(F)F)cc1)C1CCc2nn(-c3ccccn3)c(O)c2C1. The fourth-order valence-electron chi connectivity index (χ4n) is 3.77. The highest BCUT2D eigenvalue weighted by Gasteiger charge is 2.31. The number of nitrogens with zero attached hydrogens (tertiary/aromatic N) is 4. The van der Waals surface area contributed by atoms with E-state index in [2.05, 4.69) is 15.0 Å². The Balaban J connectivity index is 1.47. The molecule has 2 heterocycles. The molecule has 1 N–H and O–H groups in total. The van der Waals surface area contributed by atoms with Crippen molar-refractivity contribution in [3.63, 3.8) is 0 Å². The van der Waals surface area contributed by atoms with E-state index in [1.165, 1.54) is 16.8 Å². The van der Waals surface area contributed by atoms with Crippen molar-refractivity contribution in [2.75, 3.05) is 7.05 Å². The number of aromatic nitrogens is 3. The van der Waals surface area contributed by atoms with Crippen molar-refractivity contribution < 1.29 is 18.3 Å². The number of rotatable bonds is 4. The van der Waals surface area contributed by atoms with Gasteiger partial charge in [-0.05, 0) is 56.1 Å². The van der Waals surface area contributed by atoms with Gasteiger partial charge in [-0.2, -0.15) is 23.0 Å². The number of hydrogen-bond acceptors (Lipinski definition) is 4. The predicted octanol–water partition coefficient (Wildman–Crippen LogP) is 3.98. The Morgan fingerprint density at radius 2 is 1.93 bits per heavy atom. The van der Waals surface area contributed by atoms with Crippen molar-refractivity contribution in [3.05, 3.63) is 71.0 Å². The molecule has 2 aromatic heterocycles.